The van der Waals surface area contributed by atoms with E-state index in [1.165, 1.54) is 6.42 Å². The Hall–Kier alpha value is -0.0400. The van der Waals surface area contributed by atoms with E-state index in [4.69, 9.17) is 0 Å². The summed E-state index contributed by atoms with van der Waals surface area (Å²) in [7, 11) is 0. The zero-order valence-electron chi connectivity index (χ0n) is 8.59. The van der Waals surface area contributed by atoms with Gasteiger partial charge in [-0.2, -0.15) is 0 Å². The predicted molar refractivity (Wildman–Crippen MR) is 49.8 cm³/mol. The molecule has 1 N–H and O–H groups in total. The highest BCUT2D eigenvalue weighted by Gasteiger charge is 2.69. The van der Waals surface area contributed by atoms with E-state index in [0.29, 0.717) is 5.41 Å². The molecule has 0 aromatic rings. The predicted octanol–water partition coefficient (Wildman–Crippen LogP) is 2.44. The van der Waals surface area contributed by atoms with Crippen molar-refractivity contribution in [3.63, 3.8) is 0 Å². The third-order valence-corrected chi connectivity index (χ3v) is 4.60. The minimum absolute atomic E-state index is 0.0568. The van der Waals surface area contributed by atoms with Crippen LogP contribution >= 0.6 is 0 Å². The second-order valence-electron chi connectivity index (χ2n) is 5.69. The van der Waals surface area contributed by atoms with Gasteiger partial charge in [0.1, 0.15) is 0 Å². The van der Waals surface area contributed by atoms with Crippen molar-refractivity contribution in [2.45, 2.75) is 46.6 Å². The van der Waals surface area contributed by atoms with E-state index in [-0.39, 0.29) is 11.5 Å². The number of fused-ring (bicyclic) bond motifs is 1. The molecule has 0 aliphatic heterocycles. The first-order valence-electron chi connectivity index (χ1n) is 5.09. The molecule has 0 aromatic heterocycles. The molecule has 70 valence electrons. The van der Waals surface area contributed by atoms with Crippen LogP contribution in [-0.2, 0) is 0 Å². The van der Waals surface area contributed by atoms with Crippen LogP contribution in [0.2, 0.25) is 0 Å². The molecule has 2 unspecified atom stereocenters. The molecule has 2 aliphatic carbocycles. The number of rotatable bonds is 1. The Kier molecular flexibility index (Phi) is 1.47. The van der Waals surface area contributed by atoms with Crippen molar-refractivity contribution in [1.29, 1.82) is 0 Å². The zero-order valence-corrected chi connectivity index (χ0v) is 8.59. The summed E-state index contributed by atoms with van der Waals surface area (Å²) >= 11 is 0. The maximum absolute atomic E-state index is 9.87. The summed E-state index contributed by atoms with van der Waals surface area (Å²) in [6.07, 6.45) is 2.34. The van der Waals surface area contributed by atoms with Crippen LogP contribution < -0.4 is 0 Å². The monoisotopic (exact) mass is 168 g/mol. The summed E-state index contributed by atoms with van der Waals surface area (Å²) < 4.78 is 0. The molecule has 1 heteroatoms. The maximum atomic E-state index is 9.87. The van der Waals surface area contributed by atoms with Gasteiger partial charge in [0, 0.05) is 0 Å². The highest BCUT2D eigenvalue weighted by atomic mass is 16.3. The number of hydrogen-bond acceptors (Lipinski definition) is 1. The Morgan fingerprint density at radius 3 is 2.08 bits per heavy atom. The quantitative estimate of drug-likeness (QED) is 0.637. The van der Waals surface area contributed by atoms with Gasteiger partial charge in [0.25, 0.3) is 0 Å². The van der Waals surface area contributed by atoms with Crippen LogP contribution in [0.4, 0.5) is 0 Å². The van der Waals surface area contributed by atoms with Crippen LogP contribution in [0.25, 0.3) is 0 Å². The second-order valence-corrected chi connectivity index (χ2v) is 5.69. The molecule has 12 heavy (non-hydrogen) atoms. The van der Waals surface area contributed by atoms with E-state index in [1.54, 1.807) is 0 Å². The van der Waals surface area contributed by atoms with Gasteiger partial charge in [-0.3, -0.25) is 0 Å². The first-order chi connectivity index (χ1) is 5.41. The van der Waals surface area contributed by atoms with Crippen LogP contribution in [0.3, 0.4) is 0 Å². The smallest absolute Gasteiger partial charge is 0.0599 e. The standard InChI is InChI=1S/C11H20O/c1-7(2)11-5-8(11)10(3,4)9(12)6-11/h7-9,12H,5-6H2,1-4H3/t8?,9-,11?/m0/s1. The van der Waals surface area contributed by atoms with Gasteiger partial charge >= 0.3 is 0 Å². The molecule has 2 aliphatic rings. The summed E-state index contributed by atoms with van der Waals surface area (Å²) in [5, 5.41) is 9.87. The molecule has 0 radical (unpaired) electrons. The molecule has 2 saturated carbocycles. The average molecular weight is 168 g/mol. The fourth-order valence-electron chi connectivity index (χ4n) is 3.28. The van der Waals surface area contributed by atoms with Crippen LogP contribution in [0, 0.1) is 22.7 Å². The van der Waals surface area contributed by atoms with Crippen molar-refractivity contribution in [2.75, 3.05) is 0 Å². The fraction of sp³-hybridized carbons (Fsp3) is 1.00. The maximum Gasteiger partial charge on any atom is 0.0599 e. The minimum Gasteiger partial charge on any atom is -0.393 e. The molecule has 0 aromatic carbocycles. The van der Waals surface area contributed by atoms with Crippen molar-refractivity contribution in [1.82, 2.24) is 0 Å². The van der Waals surface area contributed by atoms with E-state index in [1.807, 2.05) is 0 Å². The number of aliphatic hydroxyl groups excluding tert-OH is 1. The summed E-state index contributed by atoms with van der Waals surface area (Å²) in [5.74, 6) is 1.54. The average Bonchev–Trinajstić information content (AvgIpc) is 2.59. The lowest BCUT2D eigenvalue weighted by molar-refractivity contribution is 0.0545. The molecule has 1 nitrogen and oxygen atoms in total. The highest BCUT2D eigenvalue weighted by Crippen LogP contribution is 2.73. The summed E-state index contributed by atoms with van der Waals surface area (Å²) in [4.78, 5) is 0. The topological polar surface area (TPSA) is 20.2 Å². The van der Waals surface area contributed by atoms with Gasteiger partial charge in [-0.1, -0.05) is 27.7 Å². The van der Waals surface area contributed by atoms with Crippen LogP contribution in [-0.4, -0.2) is 11.2 Å². The van der Waals surface area contributed by atoms with E-state index in [2.05, 4.69) is 27.7 Å². The molecule has 0 spiro atoms. The van der Waals surface area contributed by atoms with Crippen LogP contribution in [0.1, 0.15) is 40.5 Å². The largest absolute Gasteiger partial charge is 0.393 e. The van der Waals surface area contributed by atoms with Gasteiger partial charge in [0.2, 0.25) is 0 Å². The van der Waals surface area contributed by atoms with Gasteiger partial charge in [-0.25, -0.2) is 0 Å². The zero-order chi connectivity index (χ0) is 9.15. The van der Waals surface area contributed by atoms with E-state index in [0.717, 1.165) is 18.3 Å². The van der Waals surface area contributed by atoms with Crippen molar-refractivity contribution in [3.8, 4) is 0 Å². The first-order valence-corrected chi connectivity index (χ1v) is 5.09. The molecule has 2 fully saturated rings. The number of aliphatic hydroxyl groups is 1. The molecule has 3 atom stereocenters. The van der Waals surface area contributed by atoms with Crippen LogP contribution in [0.15, 0.2) is 0 Å². The van der Waals surface area contributed by atoms with Crippen molar-refractivity contribution < 1.29 is 5.11 Å². The van der Waals surface area contributed by atoms with Gasteiger partial charge in [0.15, 0.2) is 0 Å². The first kappa shape index (κ1) is 8.55. The van der Waals surface area contributed by atoms with E-state index in [9.17, 15) is 5.11 Å². The van der Waals surface area contributed by atoms with E-state index >= 15 is 0 Å². The Balaban J connectivity index is 2.22. The lowest BCUT2D eigenvalue weighted by Crippen LogP contribution is -2.26. The molecular weight excluding hydrogens is 148 g/mol. The van der Waals surface area contributed by atoms with Gasteiger partial charge in [-0.05, 0) is 35.5 Å². The molecule has 0 bridgehead atoms. The Labute approximate surface area is 75.2 Å². The Morgan fingerprint density at radius 1 is 1.25 bits per heavy atom. The van der Waals surface area contributed by atoms with Crippen molar-refractivity contribution in [3.05, 3.63) is 0 Å². The summed E-state index contributed by atoms with van der Waals surface area (Å²) in [5.41, 5.74) is 0.702. The Morgan fingerprint density at radius 2 is 1.83 bits per heavy atom. The lowest BCUT2D eigenvalue weighted by Gasteiger charge is -2.25. The highest BCUT2D eigenvalue weighted by molar-refractivity contribution is 5.18. The van der Waals surface area contributed by atoms with E-state index < -0.39 is 0 Å². The lowest BCUT2D eigenvalue weighted by atomic mass is 9.85. The third-order valence-electron chi connectivity index (χ3n) is 4.60. The molecule has 2 rings (SSSR count). The molecule has 0 saturated heterocycles. The fourth-order valence-corrected chi connectivity index (χ4v) is 3.28. The van der Waals surface area contributed by atoms with Gasteiger partial charge in [-0.15, -0.1) is 0 Å². The summed E-state index contributed by atoms with van der Waals surface area (Å²) in [6.45, 7) is 9.04. The third kappa shape index (κ3) is 0.783. The molecule has 0 heterocycles. The second kappa shape index (κ2) is 2.06. The van der Waals surface area contributed by atoms with Gasteiger partial charge in [0.05, 0.1) is 6.10 Å². The SMILES string of the molecule is CC(C)C12CC1C(C)(C)[C@@H](O)C2. The van der Waals surface area contributed by atoms with Gasteiger partial charge < -0.3 is 5.11 Å². The minimum atomic E-state index is -0.0568. The van der Waals surface area contributed by atoms with Crippen molar-refractivity contribution >= 4 is 0 Å². The number of hydrogen-bond donors (Lipinski definition) is 1. The van der Waals surface area contributed by atoms with Crippen LogP contribution in [0.5, 0.6) is 0 Å². The Bertz CT molecular complexity index is 207. The van der Waals surface area contributed by atoms with Crippen molar-refractivity contribution in [2.24, 2.45) is 22.7 Å². The summed E-state index contributed by atoms with van der Waals surface area (Å²) in [6, 6.07) is 0. The molecule has 0 amide bonds. The molecular formula is C11H20O. The normalized spacial score (nSPS) is 49.5.